The number of hydrogen-bond acceptors (Lipinski definition) is 26. The number of amides is 1. The van der Waals surface area contributed by atoms with Crippen LogP contribution in [-0.2, 0) is 109 Å². The van der Waals surface area contributed by atoms with Gasteiger partial charge in [0.2, 0.25) is 23.3 Å². The van der Waals surface area contributed by atoms with E-state index in [0.29, 0.717) is 108 Å². The molecule has 0 spiro atoms. The van der Waals surface area contributed by atoms with Crippen molar-refractivity contribution in [2.75, 3.05) is 115 Å². The molecular formula is C110H150F4N18O14. The van der Waals surface area contributed by atoms with E-state index in [2.05, 4.69) is 101 Å². The van der Waals surface area contributed by atoms with Gasteiger partial charge in [-0.05, 0) is 114 Å². The van der Waals surface area contributed by atoms with E-state index in [0.717, 1.165) is 317 Å². The minimum absolute atomic E-state index is 0.0164. The molecular weight excluding hydrogens is 1870 g/mol. The average molecular weight is 2020 g/mol. The molecule has 0 aliphatic heterocycles. The number of fused-ring (bicyclic) bond motifs is 12. The van der Waals surface area contributed by atoms with E-state index >= 15 is 0 Å². The summed E-state index contributed by atoms with van der Waals surface area (Å²) >= 11 is 0. The van der Waals surface area contributed by atoms with Gasteiger partial charge in [0, 0.05) is 131 Å². The first-order chi connectivity index (χ1) is 71.0. The van der Waals surface area contributed by atoms with Crippen LogP contribution in [0.5, 0.6) is 5.75 Å². The normalized spacial score (nSPS) is 11.5. The van der Waals surface area contributed by atoms with Crippen molar-refractivity contribution in [3.8, 4) is 5.75 Å². The zero-order chi connectivity index (χ0) is 104. The number of unbranched alkanes of at least 4 members (excludes halogenated alkanes) is 13. The number of carboxylic acids is 1. The van der Waals surface area contributed by atoms with E-state index in [4.69, 9.17) is 82.1 Å². The van der Waals surface area contributed by atoms with Crippen LogP contribution in [0.15, 0.2) is 103 Å². The number of halogens is 4. The van der Waals surface area contributed by atoms with E-state index < -0.39 is 47.4 Å². The first-order valence-electron chi connectivity index (χ1n) is 52.4. The van der Waals surface area contributed by atoms with Gasteiger partial charge >= 0.3 is 11.9 Å². The highest BCUT2D eigenvalue weighted by atomic mass is 19.2. The van der Waals surface area contributed by atoms with Crippen LogP contribution in [0.25, 0.3) is 87.7 Å². The fourth-order valence-corrected chi connectivity index (χ4v) is 17.3. The molecule has 0 fully saturated rings. The Labute approximate surface area is 851 Å². The van der Waals surface area contributed by atoms with Crippen LogP contribution in [0.4, 0.5) is 40.8 Å². The van der Waals surface area contributed by atoms with Gasteiger partial charge in [-0.3, -0.25) is 28.8 Å². The van der Waals surface area contributed by atoms with Gasteiger partial charge in [0.1, 0.15) is 62.7 Å². The summed E-state index contributed by atoms with van der Waals surface area (Å²) in [7, 11) is 0. The van der Waals surface area contributed by atoms with Crippen molar-refractivity contribution in [1.29, 1.82) is 0 Å². The predicted octanol–water partition coefficient (Wildman–Crippen LogP) is 20.2. The third-order valence-electron chi connectivity index (χ3n) is 25.1. The van der Waals surface area contributed by atoms with Crippen molar-refractivity contribution in [3.63, 3.8) is 0 Å². The number of aromatic nitrogens is 12. The largest absolute Gasteiger partial charge is 0.481 e. The molecule has 0 aliphatic rings. The molecule has 0 saturated heterocycles. The van der Waals surface area contributed by atoms with Crippen LogP contribution < -0.4 is 38.7 Å². The topological polar surface area (TPSA) is 452 Å². The number of carbonyl (C=O) groups excluding carboxylic acids is 5. The Morgan fingerprint density at radius 2 is 0.616 bits per heavy atom. The number of carboxylic acid groups (broad SMARTS) is 1. The lowest BCUT2D eigenvalue weighted by Gasteiger charge is -2.11. The smallest absolute Gasteiger partial charge is 0.313 e. The lowest BCUT2D eigenvalue weighted by atomic mass is 10.1. The predicted molar refractivity (Wildman–Crippen MR) is 566 cm³/mol. The van der Waals surface area contributed by atoms with Crippen molar-refractivity contribution >= 4 is 146 Å². The highest BCUT2D eigenvalue weighted by molar-refractivity contribution is 6.09. The van der Waals surface area contributed by atoms with Gasteiger partial charge in [-0.15, -0.1) is 0 Å². The molecule has 0 saturated carbocycles. The molecule has 8 heterocycles. The number of ether oxygens (including phenoxy) is 7. The van der Waals surface area contributed by atoms with Gasteiger partial charge in [0.25, 0.3) is 0 Å². The zero-order valence-corrected chi connectivity index (χ0v) is 85.8. The summed E-state index contributed by atoms with van der Waals surface area (Å²) in [5, 5.41) is 15.7. The van der Waals surface area contributed by atoms with E-state index in [-0.39, 0.29) is 75.2 Å². The van der Waals surface area contributed by atoms with Crippen molar-refractivity contribution in [3.05, 3.63) is 150 Å². The molecule has 0 bridgehead atoms. The maximum Gasteiger partial charge on any atom is 0.313 e. The summed E-state index contributed by atoms with van der Waals surface area (Å²) in [6, 6.07) is 32.2. The number of pyridine rings is 4. The van der Waals surface area contributed by atoms with Crippen LogP contribution in [0, 0.1) is 23.3 Å². The third kappa shape index (κ3) is 35.5. The summed E-state index contributed by atoms with van der Waals surface area (Å²) in [6.45, 7) is 18.9. The summed E-state index contributed by atoms with van der Waals surface area (Å²) in [6.07, 6.45) is 28.4. The molecule has 5 aromatic carbocycles. The number of esters is 1. The molecule has 13 aromatic rings. The number of rotatable bonds is 66. The molecule has 0 atom stereocenters. The number of aryl methyl sites for hydroxylation is 8. The monoisotopic (exact) mass is 2020 g/mol. The quantitative estimate of drug-likeness (QED) is 0.00612. The summed E-state index contributed by atoms with van der Waals surface area (Å²) in [4.78, 5) is 108. The third-order valence-corrected chi connectivity index (χ3v) is 25.1. The van der Waals surface area contributed by atoms with E-state index in [1.54, 1.807) is 0 Å². The zero-order valence-electron chi connectivity index (χ0n) is 85.8. The van der Waals surface area contributed by atoms with Gasteiger partial charge < -0.3 is 90.5 Å². The number of anilines is 4. The van der Waals surface area contributed by atoms with Gasteiger partial charge in [-0.2, -0.15) is 8.78 Å². The van der Waals surface area contributed by atoms with Gasteiger partial charge in [-0.1, -0.05) is 165 Å². The molecule has 32 nitrogen and oxygen atoms in total. The number of nitrogen functional groups attached to an aromatic ring is 4. The summed E-state index contributed by atoms with van der Waals surface area (Å²) < 4.78 is 99.4. The molecule has 0 unspecified atom stereocenters. The maximum absolute atomic E-state index is 13.6. The molecule has 0 aliphatic carbocycles. The van der Waals surface area contributed by atoms with Crippen LogP contribution in [-0.4, -0.2) is 191 Å². The number of imidazole rings is 4. The number of carbonyl (C=O) groups is 6. The molecule has 8 aromatic heterocycles. The maximum atomic E-state index is 13.6. The number of Topliss-reactive ketones (excluding diaryl/α,β-unsaturated/α-hetero) is 3. The minimum atomic E-state index is -1.80. The number of nitrogens with zero attached hydrogens (tertiary/aromatic N) is 12. The average Bonchev–Trinajstić information content (AvgIpc) is 1.62. The van der Waals surface area contributed by atoms with Crippen LogP contribution in [0.2, 0.25) is 0 Å². The van der Waals surface area contributed by atoms with E-state index in [1.165, 1.54) is 0 Å². The van der Waals surface area contributed by atoms with Gasteiger partial charge in [0.05, 0.1) is 136 Å². The Morgan fingerprint density at radius 3 is 0.918 bits per heavy atom. The van der Waals surface area contributed by atoms with E-state index in [9.17, 15) is 46.3 Å². The highest BCUT2D eigenvalue weighted by Gasteiger charge is 2.26. The van der Waals surface area contributed by atoms with Crippen molar-refractivity contribution in [1.82, 2.24) is 63.5 Å². The molecule has 13 rings (SSSR count). The first kappa shape index (κ1) is 116. The fourth-order valence-electron chi connectivity index (χ4n) is 17.3. The van der Waals surface area contributed by atoms with Gasteiger partial charge in [0.15, 0.2) is 34.9 Å². The molecule has 36 heteroatoms. The second-order valence-corrected chi connectivity index (χ2v) is 36.4. The number of aliphatic carboxylic acids is 1. The highest BCUT2D eigenvalue weighted by Crippen LogP contribution is 2.36. The Morgan fingerprint density at radius 1 is 0.329 bits per heavy atom. The molecule has 146 heavy (non-hydrogen) atoms. The summed E-state index contributed by atoms with van der Waals surface area (Å²) in [5.74, 6) is -3.70. The summed E-state index contributed by atoms with van der Waals surface area (Å²) in [5.41, 5.74) is 41.6. The molecule has 792 valence electrons. The minimum Gasteiger partial charge on any atom is -0.481 e. The molecule has 1 amide bonds. The number of para-hydroxylation sites is 4. The number of benzene rings is 5. The number of hydrogen-bond donors (Lipinski definition) is 7. The van der Waals surface area contributed by atoms with E-state index in [1.807, 2.05) is 78.9 Å². The Kier molecular flexibility index (Phi) is 50.1. The standard InChI is InChI=1S/C33H38F4N4O5.C32H49N5O4.C27H38N4O5.C18H25N5/c1-2-3-12-26-40-30-31(22-10-6-7-11-25(22)39-33(30)38)41(26)15-8-4-5-9-21(42)13-16-44-18-19-45-17-14-27(43)46-32-28(36)23(34)20-24(35)29(32)37;1-3-5-11-19-34-29(39)18-22-41-24-23-40-21-17-25(38)13-8-7-12-20-37-28(16-6-4-2)36-30-31(37)26-14-9-10-15-27(26)35-32(30)33;1-2-3-12-23-30-25-26(21-10-6-7-11-22(21)29-27(25)28)31(23)15-8-4-5-9-20(32)13-16-35-18-19-36-17-14-24(33)34;1-2-3-10-15-22-16-17(23(15)12-7-6-11-19)13-8-4-5-9-14(13)21-18(16)20/h6-7,10-11,20H,2-5,8-9,12-19H2,1H3,(H2,38,39);9-10,14-15H,3-8,11-13,16-24H2,1-2H3,(H2,33,35)(H,34,39);6-7,10-11H,2-5,8-9,12-19H2,1H3,(H2,28,29)(H,33,34);4-5,8-9H,2-3,6-7,10-12,19H2,1H3,(H2,20,21). The fraction of sp³-hybridized carbons (Fsp3) is 0.527. The van der Waals surface area contributed by atoms with Crippen LogP contribution in [0.3, 0.4) is 0 Å². The van der Waals surface area contributed by atoms with Crippen LogP contribution >= 0.6 is 0 Å². The van der Waals surface area contributed by atoms with Crippen molar-refractivity contribution < 1.29 is 84.6 Å². The molecule has 12 N–H and O–H groups in total. The second kappa shape index (κ2) is 63.3. The number of nitrogens with two attached hydrogens (primary N) is 5. The van der Waals surface area contributed by atoms with Crippen LogP contribution in [0.1, 0.15) is 257 Å². The molecule has 0 radical (unpaired) electrons. The lowest BCUT2D eigenvalue weighted by molar-refractivity contribution is -0.138. The van der Waals surface area contributed by atoms with Crippen molar-refractivity contribution in [2.24, 2.45) is 5.73 Å². The Bertz CT molecular complexity index is 6300. The van der Waals surface area contributed by atoms with Gasteiger partial charge in [-0.25, -0.2) is 48.7 Å². The first-order valence-corrected chi connectivity index (χ1v) is 52.4. The Hall–Kier alpha value is -12.3. The second-order valence-electron chi connectivity index (χ2n) is 36.4. The Balaban J connectivity index is 0.000000204. The SMILES string of the molecule is CCCCCNC(=O)CCOCCOCCC(=O)CCCCCn1c(CCCC)nc2c(N)nc3ccccc3c21.CCCCc1nc2c(N)nc3ccccc3c2n1CCCCCC(=O)CCOCCOCCC(=O)O.CCCCc1nc2c(N)nc3ccccc3c2n1CCCCCC(=O)CCOCCOCCC(=O)Oc1c(F)c(F)cc(F)c1F.CCCCc1nc2c(N)nc3ccccc3c2n1CCCCN. The van der Waals surface area contributed by atoms with Crippen molar-refractivity contribution in [2.45, 2.75) is 286 Å². The lowest BCUT2D eigenvalue weighted by Crippen LogP contribution is -2.25. The number of ketones is 3. The number of nitrogens with one attached hydrogen (secondary N) is 1.